The number of nitrogens with one attached hydrogen (secondary N) is 1. The minimum Gasteiger partial charge on any atom is -0.507 e. The molecule has 0 aliphatic carbocycles. The van der Waals surface area contributed by atoms with Crippen molar-refractivity contribution in [3.63, 3.8) is 0 Å². The fourth-order valence-corrected chi connectivity index (χ4v) is 4.33. The van der Waals surface area contributed by atoms with Crippen molar-refractivity contribution >= 4 is 44.7 Å². The molecular formula is C18H18Cl2N2O3S. The average Bonchev–Trinajstić information content (AvgIpc) is 2.48. The Morgan fingerprint density at radius 2 is 1.81 bits per heavy atom. The highest BCUT2D eigenvalue weighted by molar-refractivity contribution is 7.90. The number of nitrogens with zero attached hydrogens (tertiary/aromatic N) is 1. The standard InChI is InChI=1S/C18H18Cl2N2O3S/c1-9-12(20)8-11(18(2,3)4)16(23)15(9)17-21-13-7-10(19)5-6-14(13)26(24,25)22-17/h5-8,23H,1-4H3,(H,21,22). The van der Waals surface area contributed by atoms with E-state index in [1.165, 1.54) is 18.2 Å². The molecule has 2 N–H and O–H groups in total. The van der Waals surface area contributed by atoms with Gasteiger partial charge in [0.15, 0.2) is 5.84 Å². The Kier molecular flexibility index (Phi) is 4.50. The van der Waals surface area contributed by atoms with Gasteiger partial charge >= 0.3 is 0 Å². The lowest BCUT2D eigenvalue weighted by atomic mass is 9.84. The number of aromatic hydroxyl groups is 1. The summed E-state index contributed by atoms with van der Waals surface area (Å²) in [7, 11) is -3.94. The number of phenols is 1. The molecule has 3 rings (SSSR count). The Labute approximate surface area is 162 Å². The van der Waals surface area contributed by atoms with Crippen molar-refractivity contribution in [2.45, 2.75) is 38.0 Å². The molecule has 0 fully saturated rings. The molecule has 1 aliphatic heterocycles. The lowest BCUT2D eigenvalue weighted by Gasteiger charge is -2.26. The Hall–Kier alpha value is -1.76. The van der Waals surface area contributed by atoms with Crippen molar-refractivity contribution in [2.75, 3.05) is 5.32 Å². The van der Waals surface area contributed by atoms with Gasteiger partial charge in [0.25, 0.3) is 10.0 Å². The van der Waals surface area contributed by atoms with Crippen molar-refractivity contribution in [3.05, 3.63) is 51.0 Å². The van der Waals surface area contributed by atoms with E-state index in [-0.39, 0.29) is 22.0 Å². The molecule has 0 spiro atoms. The molecule has 0 saturated carbocycles. The predicted octanol–water partition coefficient (Wildman–Crippen LogP) is 4.87. The van der Waals surface area contributed by atoms with E-state index in [2.05, 4.69) is 9.71 Å². The first-order valence-corrected chi connectivity index (χ1v) is 10.1. The fourth-order valence-electron chi connectivity index (χ4n) is 2.85. The maximum atomic E-state index is 12.6. The maximum Gasteiger partial charge on any atom is 0.286 e. The van der Waals surface area contributed by atoms with Crippen LogP contribution in [0.15, 0.2) is 33.6 Å². The van der Waals surface area contributed by atoms with Crippen LogP contribution in [0, 0.1) is 6.92 Å². The minimum atomic E-state index is -3.94. The van der Waals surface area contributed by atoms with Gasteiger partial charge in [0.1, 0.15) is 10.6 Å². The Morgan fingerprint density at radius 3 is 2.42 bits per heavy atom. The molecule has 1 aliphatic rings. The second-order valence-electron chi connectivity index (χ2n) is 7.18. The van der Waals surface area contributed by atoms with E-state index in [0.29, 0.717) is 26.9 Å². The zero-order valence-electron chi connectivity index (χ0n) is 14.7. The van der Waals surface area contributed by atoms with E-state index in [1.807, 2.05) is 20.8 Å². The van der Waals surface area contributed by atoms with Crippen LogP contribution in [0.5, 0.6) is 5.75 Å². The number of phenolic OH excluding ortho intramolecular Hbond substituents is 1. The molecule has 0 bridgehead atoms. The Bertz CT molecular complexity index is 1060. The van der Waals surface area contributed by atoms with Crippen LogP contribution in [-0.2, 0) is 15.4 Å². The number of hydrogen-bond donors (Lipinski definition) is 2. The van der Waals surface area contributed by atoms with Gasteiger partial charge < -0.3 is 10.4 Å². The van der Waals surface area contributed by atoms with Gasteiger partial charge in [0.2, 0.25) is 0 Å². The third kappa shape index (κ3) is 3.17. The zero-order chi connectivity index (χ0) is 19.4. The molecule has 2 aromatic rings. The van der Waals surface area contributed by atoms with Crippen LogP contribution in [0.4, 0.5) is 5.69 Å². The summed E-state index contributed by atoms with van der Waals surface area (Å²) in [5, 5.41) is 14.6. The Morgan fingerprint density at radius 1 is 1.15 bits per heavy atom. The van der Waals surface area contributed by atoms with Crippen molar-refractivity contribution < 1.29 is 13.5 Å². The van der Waals surface area contributed by atoms with Gasteiger partial charge in [-0.25, -0.2) is 0 Å². The van der Waals surface area contributed by atoms with Gasteiger partial charge in [0.05, 0.1) is 11.3 Å². The number of anilines is 1. The highest BCUT2D eigenvalue weighted by Gasteiger charge is 2.31. The predicted molar refractivity (Wildman–Crippen MR) is 105 cm³/mol. The van der Waals surface area contributed by atoms with Gasteiger partial charge in [-0.1, -0.05) is 44.0 Å². The van der Waals surface area contributed by atoms with Crippen LogP contribution in [-0.4, -0.2) is 19.4 Å². The van der Waals surface area contributed by atoms with Crippen LogP contribution in [0.2, 0.25) is 10.0 Å². The largest absolute Gasteiger partial charge is 0.507 e. The quantitative estimate of drug-likeness (QED) is 0.700. The number of amidine groups is 1. The van der Waals surface area contributed by atoms with Crippen molar-refractivity contribution in [3.8, 4) is 5.75 Å². The van der Waals surface area contributed by atoms with E-state index >= 15 is 0 Å². The summed E-state index contributed by atoms with van der Waals surface area (Å²) in [6.45, 7) is 7.49. The van der Waals surface area contributed by atoms with Crippen LogP contribution < -0.4 is 5.32 Å². The van der Waals surface area contributed by atoms with Crippen molar-refractivity contribution in [1.29, 1.82) is 0 Å². The van der Waals surface area contributed by atoms with E-state index in [4.69, 9.17) is 23.2 Å². The first kappa shape index (κ1) is 19.0. The molecular weight excluding hydrogens is 395 g/mol. The van der Waals surface area contributed by atoms with Gasteiger partial charge in [-0.3, -0.25) is 0 Å². The number of hydrogen-bond acceptors (Lipinski definition) is 4. The number of fused-ring (bicyclic) bond motifs is 1. The lowest BCUT2D eigenvalue weighted by molar-refractivity contribution is 0.445. The molecule has 0 saturated heterocycles. The highest BCUT2D eigenvalue weighted by atomic mass is 35.5. The number of rotatable bonds is 1. The van der Waals surface area contributed by atoms with Crippen LogP contribution in [0.25, 0.3) is 0 Å². The van der Waals surface area contributed by atoms with Crippen molar-refractivity contribution in [1.82, 2.24) is 0 Å². The third-order valence-electron chi connectivity index (χ3n) is 4.23. The van der Waals surface area contributed by atoms with E-state index in [9.17, 15) is 13.5 Å². The lowest BCUT2D eigenvalue weighted by Crippen LogP contribution is -2.24. The fraction of sp³-hybridized carbons (Fsp3) is 0.278. The molecule has 1 heterocycles. The van der Waals surface area contributed by atoms with Crippen LogP contribution >= 0.6 is 23.2 Å². The van der Waals surface area contributed by atoms with Crippen LogP contribution in [0.3, 0.4) is 0 Å². The summed E-state index contributed by atoms with van der Waals surface area (Å²) in [5.74, 6) is -0.0332. The monoisotopic (exact) mass is 412 g/mol. The van der Waals surface area contributed by atoms with Gasteiger partial charge in [-0.2, -0.15) is 8.42 Å². The molecule has 138 valence electrons. The van der Waals surface area contributed by atoms with E-state index in [1.54, 1.807) is 13.0 Å². The smallest absolute Gasteiger partial charge is 0.286 e. The number of benzene rings is 2. The van der Waals surface area contributed by atoms with Crippen molar-refractivity contribution in [2.24, 2.45) is 4.40 Å². The minimum absolute atomic E-state index is 0.0165. The molecule has 0 unspecified atom stereocenters. The average molecular weight is 413 g/mol. The topological polar surface area (TPSA) is 78.8 Å². The van der Waals surface area contributed by atoms with Crippen LogP contribution in [0.1, 0.15) is 37.5 Å². The van der Waals surface area contributed by atoms with E-state index < -0.39 is 15.4 Å². The molecule has 2 aromatic carbocycles. The highest BCUT2D eigenvalue weighted by Crippen LogP contribution is 2.40. The summed E-state index contributed by atoms with van der Waals surface area (Å²) in [5.41, 5.74) is 1.30. The number of sulfonamides is 1. The van der Waals surface area contributed by atoms with E-state index in [0.717, 1.165) is 0 Å². The van der Waals surface area contributed by atoms with Gasteiger partial charge in [0, 0.05) is 15.6 Å². The zero-order valence-corrected chi connectivity index (χ0v) is 17.0. The second-order valence-corrected chi connectivity index (χ2v) is 9.60. The molecule has 26 heavy (non-hydrogen) atoms. The summed E-state index contributed by atoms with van der Waals surface area (Å²) in [6.07, 6.45) is 0. The second kappa shape index (κ2) is 6.15. The first-order chi connectivity index (χ1) is 11.9. The molecule has 0 aromatic heterocycles. The normalized spacial score (nSPS) is 15.8. The Balaban J connectivity index is 2.29. The molecule has 0 amide bonds. The molecule has 0 radical (unpaired) electrons. The summed E-state index contributed by atoms with van der Waals surface area (Å²) in [6, 6.07) is 6.08. The number of halogens is 2. The molecule has 0 atom stereocenters. The SMILES string of the molecule is Cc1c(Cl)cc(C(C)(C)C)c(O)c1C1=NS(=O)(=O)c2ccc(Cl)cc2N1. The third-order valence-corrected chi connectivity index (χ3v) is 6.19. The first-order valence-electron chi connectivity index (χ1n) is 7.86. The van der Waals surface area contributed by atoms with Gasteiger partial charge in [-0.15, -0.1) is 4.40 Å². The maximum absolute atomic E-state index is 12.6. The summed E-state index contributed by atoms with van der Waals surface area (Å²) < 4.78 is 29.0. The summed E-state index contributed by atoms with van der Waals surface area (Å²) in [4.78, 5) is 0.0286. The summed E-state index contributed by atoms with van der Waals surface area (Å²) >= 11 is 12.3. The van der Waals surface area contributed by atoms with Gasteiger partial charge in [-0.05, 0) is 42.2 Å². The molecule has 8 heteroatoms. The molecule has 5 nitrogen and oxygen atoms in total.